The smallest absolute Gasteiger partial charge is 0.189 e. The number of imidazole rings is 1. The number of benzene rings is 1. The van der Waals surface area contributed by atoms with Crippen LogP contribution in [0.1, 0.15) is 19.2 Å². The van der Waals surface area contributed by atoms with Crippen molar-refractivity contribution in [1.82, 2.24) is 14.9 Å². The van der Waals surface area contributed by atoms with E-state index in [1.807, 2.05) is 42.8 Å². The second kappa shape index (κ2) is 9.62. The van der Waals surface area contributed by atoms with E-state index in [-0.39, 0.29) is 24.0 Å². The third kappa shape index (κ3) is 5.13. The Hall–Kier alpha value is -1.35. The molecular formula is C15H24IN5O. The lowest BCUT2D eigenvalue weighted by Crippen LogP contribution is -2.33. The van der Waals surface area contributed by atoms with Gasteiger partial charge in [0.15, 0.2) is 5.96 Å². The number of halogens is 1. The summed E-state index contributed by atoms with van der Waals surface area (Å²) in [5.41, 5.74) is 7.92. The Balaban J connectivity index is 0.00000242. The Morgan fingerprint density at radius 1 is 1.41 bits per heavy atom. The molecule has 1 aromatic heterocycles. The van der Waals surface area contributed by atoms with Crippen molar-refractivity contribution in [1.29, 1.82) is 0 Å². The second-order valence-electron chi connectivity index (χ2n) is 4.75. The minimum Gasteiger partial charge on any atom is -0.382 e. The van der Waals surface area contributed by atoms with Gasteiger partial charge in [-0.2, -0.15) is 0 Å². The molecule has 1 heterocycles. The standard InChI is InChI=1S/C15H23N5O.HI/c1-3-21-10-6-9-17-15(16)18-11-14-19-12-7-4-5-8-13(12)20(14)2;/h4-5,7-8H,3,6,9-11H2,1-2H3,(H3,16,17,18);1H. The number of aromatic nitrogens is 2. The highest BCUT2D eigenvalue weighted by Crippen LogP contribution is 2.14. The fourth-order valence-corrected chi connectivity index (χ4v) is 2.08. The van der Waals surface area contributed by atoms with Gasteiger partial charge in [-0.05, 0) is 25.5 Å². The molecule has 0 aliphatic rings. The van der Waals surface area contributed by atoms with Crippen molar-refractivity contribution in [3.63, 3.8) is 0 Å². The van der Waals surface area contributed by atoms with Gasteiger partial charge >= 0.3 is 0 Å². The molecule has 22 heavy (non-hydrogen) atoms. The summed E-state index contributed by atoms with van der Waals surface area (Å²) in [6, 6.07) is 8.03. The molecule has 0 atom stereocenters. The molecule has 0 fully saturated rings. The number of hydrogen-bond acceptors (Lipinski definition) is 3. The molecule has 0 saturated carbocycles. The number of aryl methyl sites for hydroxylation is 1. The van der Waals surface area contributed by atoms with E-state index in [0.717, 1.165) is 43.0 Å². The summed E-state index contributed by atoms with van der Waals surface area (Å²) in [4.78, 5) is 8.89. The van der Waals surface area contributed by atoms with Gasteiger partial charge in [0.05, 0.1) is 11.0 Å². The number of para-hydroxylation sites is 2. The van der Waals surface area contributed by atoms with Crippen LogP contribution in [0.4, 0.5) is 0 Å². The summed E-state index contributed by atoms with van der Waals surface area (Å²) in [7, 11) is 1.99. The fourth-order valence-electron chi connectivity index (χ4n) is 2.08. The van der Waals surface area contributed by atoms with Crippen LogP contribution in [-0.2, 0) is 18.3 Å². The molecule has 0 aliphatic carbocycles. The third-order valence-electron chi connectivity index (χ3n) is 3.25. The number of hydrogen-bond donors (Lipinski definition) is 2. The van der Waals surface area contributed by atoms with E-state index in [1.165, 1.54) is 0 Å². The van der Waals surface area contributed by atoms with Crippen LogP contribution in [0.15, 0.2) is 29.3 Å². The van der Waals surface area contributed by atoms with Gasteiger partial charge in [-0.1, -0.05) is 12.1 Å². The number of aliphatic imine (C=N–C) groups is 1. The summed E-state index contributed by atoms with van der Waals surface area (Å²) in [5.74, 6) is 1.34. The van der Waals surface area contributed by atoms with Gasteiger partial charge in [0.2, 0.25) is 0 Å². The zero-order valence-electron chi connectivity index (χ0n) is 13.1. The largest absolute Gasteiger partial charge is 0.382 e. The van der Waals surface area contributed by atoms with Crippen LogP contribution in [0.2, 0.25) is 0 Å². The molecule has 2 rings (SSSR count). The number of nitrogens with zero attached hydrogens (tertiary/aromatic N) is 3. The number of nitrogens with one attached hydrogen (secondary N) is 1. The summed E-state index contributed by atoms with van der Waals surface area (Å²) in [6.45, 7) is 4.70. The van der Waals surface area contributed by atoms with Crippen LogP contribution in [-0.4, -0.2) is 35.3 Å². The Kier molecular flexibility index (Phi) is 8.18. The predicted molar refractivity (Wildman–Crippen MR) is 101 cm³/mol. The Bertz CT molecular complexity index is 611. The van der Waals surface area contributed by atoms with Crippen molar-refractivity contribution in [3.8, 4) is 0 Å². The van der Waals surface area contributed by atoms with Crippen LogP contribution < -0.4 is 11.1 Å². The molecule has 3 N–H and O–H groups in total. The van der Waals surface area contributed by atoms with Crippen molar-refractivity contribution in [2.45, 2.75) is 19.9 Å². The Morgan fingerprint density at radius 3 is 2.91 bits per heavy atom. The number of rotatable bonds is 7. The number of guanidine groups is 1. The molecule has 0 bridgehead atoms. The second-order valence-corrected chi connectivity index (χ2v) is 4.75. The predicted octanol–water partition coefficient (Wildman–Crippen LogP) is 2.02. The van der Waals surface area contributed by atoms with Gasteiger partial charge < -0.3 is 20.4 Å². The van der Waals surface area contributed by atoms with Crippen LogP contribution >= 0.6 is 24.0 Å². The molecule has 0 unspecified atom stereocenters. The Morgan fingerprint density at radius 2 is 2.18 bits per heavy atom. The molecule has 0 aliphatic heterocycles. The summed E-state index contributed by atoms with van der Waals surface area (Å²) in [5, 5.41) is 3.08. The lowest BCUT2D eigenvalue weighted by molar-refractivity contribution is 0.145. The lowest BCUT2D eigenvalue weighted by Gasteiger charge is -2.05. The first-order chi connectivity index (χ1) is 10.2. The molecule has 0 saturated heterocycles. The average molecular weight is 417 g/mol. The molecule has 0 amide bonds. The maximum absolute atomic E-state index is 5.84. The van der Waals surface area contributed by atoms with Crippen LogP contribution in [0, 0.1) is 0 Å². The van der Waals surface area contributed by atoms with Crippen LogP contribution in [0.25, 0.3) is 11.0 Å². The van der Waals surface area contributed by atoms with Crippen molar-refractivity contribution in [2.75, 3.05) is 19.8 Å². The summed E-state index contributed by atoms with van der Waals surface area (Å²) >= 11 is 0. The SMILES string of the molecule is CCOCCCNC(N)=NCc1nc2ccccc2n1C.I. The number of fused-ring (bicyclic) bond motifs is 1. The molecule has 122 valence electrons. The lowest BCUT2D eigenvalue weighted by atomic mass is 10.3. The molecule has 7 heteroatoms. The highest BCUT2D eigenvalue weighted by Gasteiger charge is 2.06. The van der Waals surface area contributed by atoms with Gasteiger partial charge in [-0.15, -0.1) is 24.0 Å². The number of nitrogens with two attached hydrogens (primary N) is 1. The fraction of sp³-hybridized carbons (Fsp3) is 0.467. The maximum atomic E-state index is 5.84. The van der Waals surface area contributed by atoms with E-state index in [4.69, 9.17) is 10.5 Å². The minimum atomic E-state index is 0. The first kappa shape index (κ1) is 18.7. The third-order valence-corrected chi connectivity index (χ3v) is 3.25. The van der Waals surface area contributed by atoms with E-state index in [0.29, 0.717) is 12.5 Å². The highest BCUT2D eigenvalue weighted by atomic mass is 127. The average Bonchev–Trinajstić information content (AvgIpc) is 2.82. The Labute approximate surface area is 148 Å². The molecular weight excluding hydrogens is 393 g/mol. The van der Waals surface area contributed by atoms with Crippen molar-refractivity contribution in [2.24, 2.45) is 17.8 Å². The molecule has 0 radical (unpaired) electrons. The zero-order valence-corrected chi connectivity index (χ0v) is 15.4. The van der Waals surface area contributed by atoms with Gasteiger partial charge in [-0.25, -0.2) is 9.98 Å². The van der Waals surface area contributed by atoms with Crippen molar-refractivity contribution < 1.29 is 4.74 Å². The van der Waals surface area contributed by atoms with E-state index < -0.39 is 0 Å². The highest BCUT2D eigenvalue weighted by molar-refractivity contribution is 14.0. The van der Waals surface area contributed by atoms with Crippen molar-refractivity contribution >= 4 is 41.0 Å². The first-order valence-electron chi connectivity index (χ1n) is 7.24. The molecule has 0 spiro atoms. The summed E-state index contributed by atoms with van der Waals surface area (Å²) in [6.07, 6.45) is 0.913. The molecule has 2 aromatic rings. The quantitative estimate of drug-likeness (QED) is 0.313. The van der Waals surface area contributed by atoms with Crippen molar-refractivity contribution in [3.05, 3.63) is 30.1 Å². The normalized spacial score (nSPS) is 11.5. The van der Waals surface area contributed by atoms with E-state index in [1.54, 1.807) is 0 Å². The van der Waals surface area contributed by atoms with E-state index in [2.05, 4.69) is 15.3 Å². The topological polar surface area (TPSA) is 77.5 Å². The van der Waals surface area contributed by atoms with Crippen LogP contribution in [0.3, 0.4) is 0 Å². The molecule has 1 aromatic carbocycles. The molecule has 6 nitrogen and oxygen atoms in total. The van der Waals surface area contributed by atoms with Gasteiger partial charge in [0, 0.05) is 26.8 Å². The monoisotopic (exact) mass is 417 g/mol. The van der Waals surface area contributed by atoms with Gasteiger partial charge in [0.1, 0.15) is 12.4 Å². The van der Waals surface area contributed by atoms with E-state index in [9.17, 15) is 0 Å². The van der Waals surface area contributed by atoms with Crippen LogP contribution in [0.5, 0.6) is 0 Å². The zero-order chi connectivity index (χ0) is 15.1. The minimum absolute atomic E-state index is 0. The van der Waals surface area contributed by atoms with Gasteiger partial charge in [-0.3, -0.25) is 0 Å². The number of ether oxygens (including phenoxy) is 1. The first-order valence-corrected chi connectivity index (χ1v) is 7.24. The summed E-state index contributed by atoms with van der Waals surface area (Å²) < 4.78 is 7.30. The van der Waals surface area contributed by atoms with E-state index >= 15 is 0 Å². The maximum Gasteiger partial charge on any atom is 0.189 e. The van der Waals surface area contributed by atoms with Gasteiger partial charge in [0.25, 0.3) is 0 Å².